The Bertz CT molecular complexity index is 1690. The van der Waals surface area contributed by atoms with E-state index in [1.807, 2.05) is 30.3 Å². The van der Waals surface area contributed by atoms with Gasteiger partial charge in [0.05, 0.1) is 6.61 Å². The third kappa shape index (κ3) is 8.28. The van der Waals surface area contributed by atoms with E-state index in [0.29, 0.717) is 0 Å². The van der Waals surface area contributed by atoms with Gasteiger partial charge in [0.25, 0.3) is 5.56 Å². The molecule has 0 spiro atoms. The van der Waals surface area contributed by atoms with E-state index in [9.17, 15) is 28.8 Å². The number of rotatable bonds is 13. The fraction of sp³-hybridized carbons (Fsp3) is 0.562. The molecule has 3 aliphatic rings. The van der Waals surface area contributed by atoms with Crippen molar-refractivity contribution in [2.24, 2.45) is 5.73 Å². The Labute approximate surface area is 285 Å². The summed E-state index contributed by atoms with van der Waals surface area (Å²) in [6.07, 6.45) is -10.7. The zero-order valence-corrected chi connectivity index (χ0v) is 28.0. The maximum atomic E-state index is 13.7. The van der Waals surface area contributed by atoms with Crippen LogP contribution < -0.4 is 17.0 Å². The molecule has 1 amide bonds. The van der Waals surface area contributed by atoms with Crippen molar-refractivity contribution in [2.45, 2.75) is 109 Å². The molecule has 0 saturated carbocycles. The van der Waals surface area contributed by atoms with Gasteiger partial charge < -0.3 is 48.4 Å². The second-order valence-corrected chi connectivity index (χ2v) is 12.2. The molecule has 272 valence electrons. The lowest BCUT2D eigenvalue weighted by Gasteiger charge is -2.30. The Kier molecular flexibility index (Phi) is 11.2. The average molecular weight is 706 g/mol. The molecular weight excluding hydrogens is 666 g/mol. The molecule has 2 aromatic rings. The second kappa shape index (κ2) is 15.2. The molecule has 0 bridgehead atoms. The van der Waals surface area contributed by atoms with E-state index >= 15 is 0 Å². The minimum Gasteiger partial charge on any atom is -0.463 e. The minimum absolute atomic E-state index is 0.134. The first kappa shape index (κ1) is 36.8. The molecule has 0 radical (unpaired) electrons. The first-order valence-electron chi connectivity index (χ1n) is 15.7. The minimum atomic E-state index is -1.70. The summed E-state index contributed by atoms with van der Waals surface area (Å²) in [6.45, 7) is 5.93. The summed E-state index contributed by atoms with van der Waals surface area (Å²) in [5.74, 6) is -4.53. The van der Waals surface area contributed by atoms with Gasteiger partial charge in [-0.3, -0.25) is 28.5 Å². The van der Waals surface area contributed by atoms with Crippen LogP contribution in [0.15, 0.2) is 52.2 Å². The molecule has 3 aliphatic heterocycles. The van der Waals surface area contributed by atoms with Gasteiger partial charge in [-0.25, -0.2) is 9.36 Å². The Hall–Kier alpha value is -4.46. The summed E-state index contributed by atoms with van der Waals surface area (Å²) < 4.78 is 53.7. The van der Waals surface area contributed by atoms with Gasteiger partial charge in [0.15, 0.2) is 36.6 Å². The normalized spacial score (nSPS) is 28.8. The molecule has 2 N–H and O–H groups in total. The van der Waals surface area contributed by atoms with E-state index in [-0.39, 0.29) is 13.3 Å². The lowest BCUT2D eigenvalue weighted by Crippen LogP contribution is -2.51. The van der Waals surface area contributed by atoms with Crippen molar-refractivity contribution in [2.75, 3.05) is 6.61 Å². The van der Waals surface area contributed by atoms with E-state index in [2.05, 4.69) is 0 Å². The van der Waals surface area contributed by atoms with Crippen LogP contribution in [0.1, 0.15) is 46.4 Å². The third-order valence-corrected chi connectivity index (χ3v) is 7.95. The molecule has 3 fully saturated rings. The molecular formula is C32H39N3O15. The predicted octanol–water partition coefficient (Wildman–Crippen LogP) is -0.376. The third-order valence-electron chi connectivity index (χ3n) is 7.95. The van der Waals surface area contributed by atoms with Crippen LogP contribution >= 0.6 is 0 Å². The largest absolute Gasteiger partial charge is 0.463 e. The summed E-state index contributed by atoms with van der Waals surface area (Å²) in [5.41, 5.74) is 5.21. The lowest BCUT2D eigenvalue weighted by molar-refractivity contribution is -0.243. The van der Waals surface area contributed by atoms with Gasteiger partial charge in [0.2, 0.25) is 5.91 Å². The zero-order valence-electron chi connectivity index (χ0n) is 28.0. The number of nitrogens with zero attached hydrogens (tertiary/aromatic N) is 2. The van der Waals surface area contributed by atoms with Crippen molar-refractivity contribution < 1.29 is 61.8 Å². The number of hydrogen-bond acceptors (Lipinski definition) is 15. The highest BCUT2D eigenvalue weighted by atomic mass is 16.8. The van der Waals surface area contributed by atoms with Crippen molar-refractivity contribution in [1.82, 2.24) is 9.13 Å². The molecule has 50 heavy (non-hydrogen) atoms. The van der Waals surface area contributed by atoms with Gasteiger partial charge in [-0.1, -0.05) is 30.3 Å². The quantitative estimate of drug-likeness (QED) is 0.207. The van der Waals surface area contributed by atoms with Crippen molar-refractivity contribution in [3.8, 4) is 0 Å². The number of esters is 3. The van der Waals surface area contributed by atoms with Crippen LogP contribution in [0.5, 0.6) is 0 Å². The number of benzene rings is 1. The highest BCUT2D eigenvalue weighted by molar-refractivity contribution is 5.79. The molecule has 4 heterocycles. The maximum absolute atomic E-state index is 13.7. The first-order chi connectivity index (χ1) is 23.6. The Morgan fingerprint density at radius 3 is 2.20 bits per heavy atom. The number of hydrogen-bond donors (Lipinski definition) is 1. The Morgan fingerprint density at radius 1 is 0.900 bits per heavy atom. The molecule has 9 atom stereocenters. The topological polar surface area (TPSA) is 221 Å². The number of ether oxygens (including phenoxy) is 9. The second-order valence-electron chi connectivity index (χ2n) is 12.2. The van der Waals surface area contributed by atoms with Crippen LogP contribution in [-0.4, -0.2) is 94.4 Å². The summed E-state index contributed by atoms with van der Waals surface area (Å²) in [7, 11) is 0. The number of primary amides is 1. The van der Waals surface area contributed by atoms with E-state index in [4.69, 9.17) is 48.4 Å². The van der Waals surface area contributed by atoms with Gasteiger partial charge in [-0.05, 0) is 19.4 Å². The van der Waals surface area contributed by atoms with E-state index in [1.54, 1.807) is 13.8 Å². The van der Waals surface area contributed by atoms with E-state index < -0.39 is 103 Å². The van der Waals surface area contributed by atoms with Crippen molar-refractivity contribution in [1.29, 1.82) is 0 Å². The van der Waals surface area contributed by atoms with Gasteiger partial charge in [-0.2, -0.15) is 0 Å². The summed E-state index contributed by atoms with van der Waals surface area (Å²) >= 11 is 0. The first-order valence-corrected chi connectivity index (χ1v) is 15.7. The van der Waals surface area contributed by atoms with Crippen LogP contribution in [0, 0.1) is 0 Å². The van der Waals surface area contributed by atoms with Crippen molar-refractivity contribution in [3.05, 3.63) is 69.0 Å². The number of fused-ring (bicyclic) bond motifs is 1. The van der Waals surface area contributed by atoms with Crippen molar-refractivity contribution >= 4 is 23.8 Å². The van der Waals surface area contributed by atoms with Gasteiger partial charge in [-0.15, -0.1) is 0 Å². The summed E-state index contributed by atoms with van der Waals surface area (Å²) in [4.78, 5) is 75.0. The number of aromatic nitrogens is 2. The van der Waals surface area contributed by atoms with Gasteiger partial charge in [0.1, 0.15) is 37.8 Å². The fourth-order valence-electron chi connectivity index (χ4n) is 5.98. The lowest BCUT2D eigenvalue weighted by atomic mass is 10.0. The molecule has 1 aromatic heterocycles. The molecule has 3 saturated heterocycles. The van der Waals surface area contributed by atoms with Crippen LogP contribution in [0.25, 0.3) is 0 Å². The number of carbonyl (C=O) groups excluding carboxylic acids is 4. The van der Waals surface area contributed by atoms with Gasteiger partial charge >= 0.3 is 23.6 Å². The Morgan fingerprint density at radius 2 is 1.56 bits per heavy atom. The Balaban J connectivity index is 1.43. The zero-order chi connectivity index (χ0) is 36.3. The highest BCUT2D eigenvalue weighted by Gasteiger charge is 2.61. The number of nitrogens with two attached hydrogens (primary N) is 1. The van der Waals surface area contributed by atoms with Crippen LogP contribution in [-0.2, 0) is 75.1 Å². The van der Waals surface area contributed by atoms with Gasteiger partial charge in [0, 0.05) is 33.0 Å². The molecule has 18 heteroatoms. The molecule has 5 rings (SSSR count). The predicted molar refractivity (Wildman–Crippen MR) is 164 cm³/mol. The summed E-state index contributed by atoms with van der Waals surface area (Å²) in [6, 6.07) is 10.3. The molecule has 1 aromatic carbocycles. The number of carbonyl (C=O) groups is 4. The van der Waals surface area contributed by atoms with Crippen LogP contribution in [0.2, 0.25) is 0 Å². The number of amides is 1. The van der Waals surface area contributed by atoms with Crippen LogP contribution in [0.4, 0.5) is 0 Å². The SMILES string of the molecule is CC(=O)OC[C@H]1O[C@@H](O[C@@H](C(N)=O)[C@H]2O[C@@H](n3ccc(=O)n(COCc4ccccc4)c3=O)[C@@H]3OC(C)(C)O[C@@H]32)[C@H](OC(C)=O)[C@@H]1OC(C)=O. The molecule has 0 aliphatic carbocycles. The standard InChI is InChI=1S/C32H39N3O15/c1-16(36)43-14-20-22(44-17(2)37)27(45-18(3)38)30(46-20)48-25(28(33)40)23-24-26(50-32(4,5)49-24)29(47-23)34-12-11-21(39)35(31(34)41)15-42-13-19-9-7-6-8-10-19/h6-12,20,22-27,29-30H,13-15H2,1-5H3,(H2,33,40)/t20-,22-,23+,24-,25-,26-,27-,29-,30+/m1/s1. The fourth-order valence-corrected chi connectivity index (χ4v) is 5.98. The smallest absolute Gasteiger partial charge is 0.335 e. The van der Waals surface area contributed by atoms with Crippen LogP contribution in [0.3, 0.4) is 0 Å². The maximum Gasteiger partial charge on any atom is 0.335 e. The average Bonchev–Trinajstić information content (AvgIpc) is 3.64. The molecule has 0 unspecified atom stereocenters. The van der Waals surface area contributed by atoms with E-state index in [1.165, 1.54) is 6.20 Å². The summed E-state index contributed by atoms with van der Waals surface area (Å²) in [5, 5.41) is 0. The highest BCUT2D eigenvalue weighted by Crippen LogP contribution is 2.44. The van der Waals surface area contributed by atoms with E-state index in [0.717, 1.165) is 41.5 Å². The monoisotopic (exact) mass is 705 g/mol. The molecule has 18 nitrogen and oxygen atoms in total. The van der Waals surface area contributed by atoms with Crippen molar-refractivity contribution in [3.63, 3.8) is 0 Å².